The number of rotatable bonds is 8. The van der Waals surface area contributed by atoms with Crippen LogP contribution in [-0.4, -0.2) is 35.9 Å². The molecular formula is C17H28N2O3. The van der Waals surface area contributed by atoms with E-state index in [9.17, 15) is 5.11 Å². The van der Waals surface area contributed by atoms with E-state index in [1.165, 1.54) is 0 Å². The summed E-state index contributed by atoms with van der Waals surface area (Å²) in [4.78, 5) is 0. The van der Waals surface area contributed by atoms with Gasteiger partial charge >= 0.3 is 0 Å². The van der Waals surface area contributed by atoms with Gasteiger partial charge in [-0.1, -0.05) is 32.6 Å². The quantitative estimate of drug-likeness (QED) is 0.534. The van der Waals surface area contributed by atoms with Crippen molar-refractivity contribution in [1.29, 1.82) is 0 Å². The topological polar surface area (TPSA) is 63.1 Å². The van der Waals surface area contributed by atoms with Crippen LogP contribution in [0.4, 0.5) is 0 Å². The number of nitrogens with one attached hydrogen (secondary N) is 1. The van der Waals surface area contributed by atoms with Crippen LogP contribution in [0.2, 0.25) is 0 Å². The van der Waals surface area contributed by atoms with Gasteiger partial charge in [0.1, 0.15) is 17.1 Å². The Labute approximate surface area is 133 Å². The molecule has 0 bridgehead atoms. The summed E-state index contributed by atoms with van der Waals surface area (Å²) in [5, 5.41) is 13.8. The lowest BCUT2D eigenvalue weighted by Gasteiger charge is -2.24. The molecule has 2 N–H and O–H groups in total. The van der Waals surface area contributed by atoms with Gasteiger partial charge in [0, 0.05) is 12.7 Å². The SMILES string of the molecule is CCCCOC1=CC(C#CC(C)(C)O)=NNC1OCCCC. The van der Waals surface area contributed by atoms with E-state index in [0.29, 0.717) is 24.7 Å². The molecule has 1 atom stereocenters. The first-order chi connectivity index (χ1) is 10.5. The highest BCUT2D eigenvalue weighted by molar-refractivity contribution is 6.09. The first kappa shape index (κ1) is 18.5. The highest BCUT2D eigenvalue weighted by Crippen LogP contribution is 2.13. The van der Waals surface area contributed by atoms with Crippen LogP contribution in [0.25, 0.3) is 0 Å². The van der Waals surface area contributed by atoms with Crippen LogP contribution in [0.15, 0.2) is 16.9 Å². The van der Waals surface area contributed by atoms with Gasteiger partial charge in [-0.3, -0.25) is 5.43 Å². The summed E-state index contributed by atoms with van der Waals surface area (Å²) in [5.74, 6) is 6.28. The Morgan fingerprint density at radius 1 is 1.27 bits per heavy atom. The summed E-state index contributed by atoms with van der Waals surface area (Å²) < 4.78 is 11.5. The van der Waals surface area contributed by atoms with Crippen molar-refractivity contribution in [3.8, 4) is 11.8 Å². The van der Waals surface area contributed by atoms with Crippen LogP contribution in [0.1, 0.15) is 53.4 Å². The Morgan fingerprint density at radius 3 is 2.59 bits per heavy atom. The van der Waals surface area contributed by atoms with E-state index in [1.54, 1.807) is 19.9 Å². The van der Waals surface area contributed by atoms with Gasteiger partial charge in [0.25, 0.3) is 0 Å². The van der Waals surface area contributed by atoms with E-state index in [1.807, 2.05) is 0 Å². The van der Waals surface area contributed by atoms with Crippen molar-refractivity contribution in [2.45, 2.75) is 65.2 Å². The predicted molar refractivity (Wildman–Crippen MR) is 88.2 cm³/mol. The fourth-order valence-corrected chi connectivity index (χ4v) is 1.63. The molecule has 0 radical (unpaired) electrons. The number of hydrogen-bond acceptors (Lipinski definition) is 5. The number of nitrogens with zero attached hydrogens (tertiary/aromatic N) is 1. The highest BCUT2D eigenvalue weighted by atomic mass is 16.5. The summed E-state index contributed by atoms with van der Waals surface area (Å²) in [6.45, 7) is 8.81. The molecule has 5 heteroatoms. The van der Waals surface area contributed by atoms with Gasteiger partial charge in [0.2, 0.25) is 6.23 Å². The van der Waals surface area contributed by atoms with Crippen molar-refractivity contribution >= 4 is 5.71 Å². The molecule has 0 aromatic rings. The second-order valence-corrected chi connectivity index (χ2v) is 5.79. The van der Waals surface area contributed by atoms with E-state index >= 15 is 0 Å². The number of ether oxygens (including phenoxy) is 2. The lowest BCUT2D eigenvalue weighted by Crippen LogP contribution is -2.35. The standard InChI is InChI=1S/C17H28N2O3/c1-5-7-11-21-15-13-14(9-10-17(3,4)20)18-19-16(15)22-12-8-6-2/h13,16,19-20H,5-8,11-12H2,1-4H3. The average molecular weight is 308 g/mol. The molecule has 1 unspecified atom stereocenters. The van der Waals surface area contributed by atoms with E-state index in [2.05, 4.69) is 36.2 Å². The zero-order valence-electron chi connectivity index (χ0n) is 14.1. The maximum Gasteiger partial charge on any atom is 0.200 e. The minimum absolute atomic E-state index is 0.365. The fourth-order valence-electron chi connectivity index (χ4n) is 1.63. The fraction of sp³-hybridized carbons (Fsp3) is 0.706. The van der Waals surface area contributed by atoms with Crippen molar-refractivity contribution < 1.29 is 14.6 Å². The monoisotopic (exact) mass is 308 g/mol. The van der Waals surface area contributed by atoms with E-state index < -0.39 is 5.60 Å². The molecule has 22 heavy (non-hydrogen) atoms. The first-order valence-corrected chi connectivity index (χ1v) is 8.01. The Kier molecular flexibility index (Phi) is 8.00. The maximum absolute atomic E-state index is 9.66. The molecule has 0 amide bonds. The largest absolute Gasteiger partial charge is 0.493 e. The third kappa shape index (κ3) is 7.48. The van der Waals surface area contributed by atoms with Crippen LogP contribution < -0.4 is 5.43 Å². The molecule has 0 saturated carbocycles. The summed E-state index contributed by atoms with van der Waals surface area (Å²) in [7, 11) is 0. The molecule has 0 aromatic carbocycles. The van der Waals surface area contributed by atoms with Crippen LogP contribution in [0, 0.1) is 11.8 Å². The molecule has 1 rings (SSSR count). The van der Waals surface area contributed by atoms with Crippen molar-refractivity contribution in [2.75, 3.05) is 13.2 Å². The number of aliphatic hydroxyl groups is 1. The van der Waals surface area contributed by atoms with Gasteiger partial charge in [-0.15, -0.1) is 0 Å². The van der Waals surface area contributed by atoms with Crippen molar-refractivity contribution in [2.24, 2.45) is 5.10 Å². The van der Waals surface area contributed by atoms with Crippen molar-refractivity contribution in [3.63, 3.8) is 0 Å². The molecule has 124 valence electrons. The molecular weight excluding hydrogens is 280 g/mol. The average Bonchev–Trinajstić information content (AvgIpc) is 2.46. The molecule has 1 aliphatic heterocycles. The first-order valence-electron chi connectivity index (χ1n) is 8.01. The molecule has 0 aliphatic carbocycles. The predicted octanol–water partition coefficient (Wildman–Crippen LogP) is 2.56. The van der Waals surface area contributed by atoms with Crippen LogP contribution in [0.3, 0.4) is 0 Å². The zero-order chi connectivity index (χ0) is 16.4. The number of allylic oxidation sites excluding steroid dienone is 1. The second-order valence-electron chi connectivity index (χ2n) is 5.79. The van der Waals surface area contributed by atoms with Gasteiger partial charge in [-0.25, -0.2) is 0 Å². The Bertz CT molecular complexity index is 453. The minimum atomic E-state index is -1.05. The van der Waals surface area contributed by atoms with E-state index in [0.717, 1.165) is 25.7 Å². The lowest BCUT2D eigenvalue weighted by atomic mass is 10.1. The summed E-state index contributed by atoms with van der Waals surface area (Å²) in [5.41, 5.74) is 2.41. The van der Waals surface area contributed by atoms with Crippen LogP contribution in [-0.2, 0) is 9.47 Å². The van der Waals surface area contributed by atoms with Gasteiger partial charge in [0.15, 0.2) is 0 Å². The third-order valence-corrected chi connectivity index (χ3v) is 2.89. The maximum atomic E-state index is 9.66. The molecule has 1 heterocycles. The summed E-state index contributed by atoms with van der Waals surface area (Å²) >= 11 is 0. The molecule has 0 fully saturated rings. The second kappa shape index (κ2) is 9.50. The van der Waals surface area contributed by atoms with Gasteiger partial charge < -0.3 is 14.6 Å². The third-order valence-electron chi connectivity index (χ3n) is 2.89. The summed E-state index contributed by atoms with van der Waals surface area (Å²) in [6, 6.07) is 0. The smallest absolute Gasteiger partial charge is 0.200 e. The Morgan fingerprint density at radius 2 is 1.95 bits per heavy atom. The van der Waals surface area contributed by atoms with Crippen LogP contribution in [0.5, 0.6) is 0 Å². The van der Waals surface area contributed by atoms with Gasteiger partial charge in [0.05, 0.1) is 6.61 Å². The highest BCUT2D eigenvalue weighted by Gasteiger charge is 2.20. The molecule has 1 aliphatic rings. The molecule has 0 saturated heterocycles. The van der Waals surface area contributed by atoms with Gasteiger partial charge in [-0.2, -0.15) is 5.10 Å². The van der Waals surface area contributed by atoms with Crippen LogP contribution >= 0.6 is 0 Å². The number of hydrazone groups is 1. The van der Waals surface area contributed by atoms with Gasteiger partial charge in [-0.05, 0) is 32.6 Å². The normalized spacial score (nSPS) is 17.8. The zero-order valence-corrected chi connectivity index (χ0v) is 14.1. The lowest BCUT2D eigenvalue weighted by molar-refractivity contribution is 0.00726. The number of unbranched alkanes of at least 4 members (excludes halogenated alkanes) is 2. The molecule has 0 spiro atoms. The van der Waals surface area contributed by atoms with Crippen molar-refractivity contribution in [1.82, 2.24) is 5.43 Å². The van der Waals surface area contributed by atoms with E-state index in [4.69, 9.17) is 9.47 Å². The molecule has 0 aromatic heterocycles. The Hall–Kier alpha value is -1.51. The molecule has 5 nitrogen and oxygen atoms in total. The summed E-state index contributed by atoms with van der Waals surface area (Å²) in [6.07, 6.45) is 5.55. The van der Waals surface area contributed by atoms with E-state index in [-0.39, 0.29) is 6.23 Å². The number of hydrogen-bond donors (Lipinski definition) is 2. The minimum Gasteiger partial charge on any atom is -0.493 e. The Balaban J connectivity index is 2.72. The van der Waals surface area contributed by atoms with Crippen molar-refractivity contribution in [3.05, 3.63) is 11.8 Å².